The Morgan fingerprint density at radius 1 is 1.13 bits per heavy atom. The highest BCUT2D eigenvalue weighted by atomic mass is 32.2. The molecule has 10 heteroatoms. The molecule has 0 aliphatic carbocycles. The summed E-state index contributed by atoms with van der Waals surface area (Å²) in [6.45, 7) is 1.83. The monoisotopic (exact) mass is 441 g/mol. The van der Waals surface area contributed by atoms with Crippen LogP contribution in [0.3, 0.4) is 0 Å². The fraction of sp³-hybridized carbons (Fsp3) is 0.100. The first-order chi connectivity index (χ1) is 14.2. The molecule has 3 N–H and O–H groups in total. The molecule has 2 aromatic carbocycles. The van der Waals surface area contributed by atoms with Crippen molar-refractivity contribution in [3.05, 3.63) is 60.4 Å². The average molecular weight is 442 g/mol. The topological polar surface area (TPSA) is 109 Å². The molecule has 0 spiro atoms. The Labute approximate surface area is 179 Å². The van der Waals surface area contributed by atoms with Crippen LogP contribution in [0.25, 0.3) is 16.8 Å². The number of phenols is 1. The second-order valence-electron chi connectivity index (χ2n) is 6.87. The van der Waals surface area contributed by atoms with Gasteiger partial charge in [-0.2, -0.15) is 5.10 Å². The molecule has 2 aromatic heterocycles. The Morgan fingerprint density at radius 3 is 2.67 bits per heavy atom. The van der Waals surface area contributed by atoms with Crippen LogP contribution in [0.4, 0.5) is 17.2 Å². The number of hydrogen-bond acceptors (Lipinski definition) is 7. The first kappa shape index (κ1) is 20.0. The minimum atomic E-state index is -3.38. The summed E-state index contributed by atoms with van der Waals surface area (Å²) in [7, 11) is -3.38. The second kappa shape index (κ2) is 7.54. The fourth-order valence-corrected chi connectivity index (χ4v) is 3.82. The van der Waals surface area contributed by atoms with Crippen LogP contribution in [0, 0.1) is 6.92 Å². The smallest absolute Gasteiger partial charge is 0.229 e. The number of thiol groups is 1. The van der Waals surface area contributed by atoms with Gasteiger partial charge < -0.3 is 10.4 Å². The van der Waals surface area contributed by atoms with Gasteiger partial charge in [0.25, 0.3) is 0 Å². The summed E-state index contributed by atoms with van der Waals surface area (Å²) in [5.74, 6) is 0.676. The maximum atomic E-state index is 11.6. The maximum Gasteiger partial charge on any atom is 0.229 e. The van der Waals surface area contributed by atoms with E-state index in [1.807, 2.05) is 19.1 Å². The Hall–Kier alpha value is -3.24. The highest BCUT2D eigenvalue weighted by Crippen LogP contribution is 2.31. The number of aryl methyl sites for hydroxylation is 1. The van der Waals surface area contributed by atoms with E-state index in [2.05, 4.69) is 32.8 Å². The molecule has 0 atom stereocenters. The van der Waals surface area contributed by atoms with Gasteiger partial charge in [-0.25, -0.2) is 17.9 Å². The predicted octanol–water partition coefficient (Wildman–Crippen LogP) is 3.81. The van der Waals surface area contributed by atoms with Gasteiger partial charge in [-0.1, -0.05) is 12.1 Å². The fourth-order valence-electron chi connectivity index (χ4n) is 2.99. The molecule has 0 fully saturated rings. The normalized spacial score (nSPS) is 11.6. The van der Waals surface area contributed by atoms with E-state index in [9.17, 15) is 13.5 Å². The third kappa shape index (κ3) is 4.19. The van der Waals surface area contributed by atoms with Crippen LogP contribution in [-0.2, 0) is 10.0 Å². The summed E-state index contributed by atoms with van der Waals surface area (Å²) in [5.41, 5.74) is 4.23. The van der Waals surface area contributed by atoms with Crippen molar-refractivity contribution in [1.82, 2.24) is 14.6 Å². The molecule has 4 aromatic rings. The van der Waals surface area contributed by atoms with E-state index in [-0.39, 0.29) is 5.75 Å². The number of nitrogens with one attached hydrogen (secondary N) is 2. The third-order valence-corrected chi connectivity index (χ3v) is 5.41. The lowest BCUT2D eigenvalue weighted by molar-refractivity contribution is 0.463. The first-order valence-corrected chi connectivity index (χ1v) is 11.3. The SMILES string of the molecule is Cc1ccc(Nc2ccn3ncc(-c4ccc(O)c(S)c4)c3n2)cc1NS(C)(=O)=O. The van der Waals surface area contributed by atoms with Gasteiger partial charge in [-0.15, -0.1) is 12.6 Å². The number of benzene rings is 2. The van der Waals surface area contributed by atoms with Crippen LogP contribution in [0.5, 0.6) is 5.75 Å². The molecule has 30 heavy (non-hydrogen) atoms. The van der Waals surface area contributed by atoms with E-state index < -0.39 is 10.0 Å². The van der Waals surface area contributed by atoms with E-state index >= 15 is 0 Å². The first-order valence-electron chi connectivity index (χ1n) is 8.92. The number of aromatic nitrogens is 3. The molecule has 0 unspecified atom stereocenters. The van der Waals surface area contributed by atoms with Gasteiger partial charge in [0, 0.05) is 22.3 Å². The van der Waals surface area contributed by atoms with Crippen molar-refractivity contribution in [2.75, 3.05) is 16.3 Å². The van der Waals surface area contributed by atoms with Crippen molar-refractivity contribution >= 4 is 45.5 Å². The molecule has 4 rings (SSSR count). The molecule has 0 saturated heterocycles. The Balaban J connectivity index is 1.69. The molecule has 0 amide bonds. The van der Waals surface area contributed by atoms with E-state index in [0.29, 0.717) is 27.7 Å². The molecule has 2 heterocycles. The van der Waals surface area contributed by atoms with E-state index in [1.165, 1.54) is 0 Å². The summed E-state index contributed by atoms with van der Waals surface area (Å²) < 4.78 is 27.3. The number of aromatic hydroxyl groups is 1. The zero-order valence-corrected chi connectivity index (χ0v) is 17.9. The summed E-state index contributed by atoms with van der Waals surface area (Å²) in [6.07, 6.45) is 4.59. The van der Waals surface area contributed by atoms with Gasteiger partial charge in [0.2, 0.25) is 10.0 Å². The minimum absolute atomic E-state index is 0.103. The maximum absolute atomic E-state index is 11.6. The summed E-state index contributed by atoms with van der Waals surface area (Å²) >= 11 is 4.27. The van der Waals surface area contributed by atoms with Crippen molar-refractivity contribution in [2.45, 2.75) is 11.8 Å². The molecule has 0 radical (unpaired) electrons. The molecule has 0 bridgehead atoms. The molecule has 154 valence electrons. The summed E-state index contributed by atoms with van der Waals surface area (Å²) in [4.78, 5) is 5.11. The van der Waals surface area contributed by atoms with Crippen molar-refractivity contribution in [3.8, 4) is 16.9 Å². The number of sulfonamides is 1. The zero-order valence-electron chi connectivity index (χ0n) is 16.2. The number of hydrogen-bond donors (Lipinski definition) is 4. The lowest BCUT2D eigenvalue weighted by atomic mass is 10.1. The Bertz CT molecular complexity index is 1370. The average Bonchev–Trinajstić information content (AvgIpc) is 3.09. The summed E-state index contributed by atoms with van der Waals surface area (Å²) in [6, 6.07) is 12.3. The number of nitrogens with zero attached hydrogens (tertiary/aromatic N) is 3. The molecule has 0 saturated carbocycles. The number of fused-ring (bicyclic) bond motifs is 1. The van der Waals surface area contributed by atoms with E-state index in [1.54, 1.807) is 47.2 Å². The van der Waals surface area contributed by atoms with Gasteiger partial charge in [0.15, 0.2) is 5.65 Å². The van der Waals surface area contributed by atoms with Crippen molar-refractivity contribution in [2.24, 2.45) is 0 Å². The van der Waals surface area contributed by atoms with Gasteiger partial charge in [-0.05, 0) is 48.4 Å². The number of anilines is 3. The Kier molecular flexibility index (Phi) is 5.04. The minimum Gasteiger partial charge on any atom is -0.507 e. The predicted molar refractivity (Wildman–Crippen MR) is 120 cm³/mol. The van der Waals surface area contributed by atoms with Gasteiger partial charge >= 0.3 is 0 Å². The van der Waals surface area contributed by atoms with Crippen LogP contribution >= 0.6 is 12.6 Å². The van der Waals surface area contributed by atoms with Crippen LogP contribution < -0.4 is 10.0 Å². The lowest BCUT2D eigenvalue weighted by Crippen LogP contribution is -2.10. The molecule has 0 aliphatic rings. The highest BCUT2D eigenvalue weighted by Gasteiger charge is 2.11. The van der Waals surface area contributed by atoms with Crippen LogP contribution in [0.15, 0.2) is 59.8 Å². The molecular weight excluding hydrogens is 422 g/mol. The molecule has 0 aliphatic heterocycles. The highest BCUT2D eigenvalue weighted by molar-refractivity contribution is 7.92. The van der Waals surface area contributed by atoms with E-state index in [4.69, 9.17) is 0 Å². The number of rotatable bonds is 5. The van der Waals surface area contributed by atoms with Crippen LogP contribution in [-0.4, -0.2) is 34.4 Å². The largest absolute Gasteiger partial charge is 0.507 e. The quantitative estimate of drug-likeness (QED) is 0.351. The van der Waals surface area contributed by atoms with Gasteiger partial charge in [0.1, 0.15) is 11.6 Å². The zero-order chi connectivity index (χ0) is 21.5. The number of phenolic OH excluding ortho intramolecular Hbond substituents is 1. The van der Waals surface area contributed by atoms with Crippen molar-refractivity contribution < 1.29 is 13.5 Å². The van der Waals surface area contributed by atoms with Crippen molar-refractivity contribution in [3.63, 3.8) is 0 Å². The summed E-state index contributed by atoms with van der Waals surface area (Å²) in [5, 5.41) is 17.2. The second-order valence-corrected chi connectivity index (χ2v) is 9.10. The standard InChI is InChI=1S/C20H19N5O3S2/c1-12-3-5-14(10-16(12)24-30(2,27)28)22-19-7-8-25-20(23-19)15(11-21-25)13-4-6-17(26)18(29)9-13/h3-11,24,26,29H,1-2H3,(H,22,23). The van der Waals surface area contributed by atoms with Crippen LogP contribution in [0.2, 0.25) is 0 Å². The van der Waals surface area contributed by atoms with Gasteiger partial charge in [-0.3, -0.25) is 4.72 Å². The van der Waals surface area contributed by atoms with Crippen LogP contribution in [0.1, 0.15) is 5.56 Å². The molecule has 8 nitrogen and oxygen atoms in total. The van der Waals surface area contributed by atoms with Crippen molar-refractivity contribution in [1.29, 1.82) is 0 Å². The lowest BCUT2D eigenvalue weighted by Gasteiger charge is -2.12. The van der Waals surface area contributed by atoms with E-state index in [0.717, 1.165) is 22.9 Å². The molecular formula is C20H19N5O3S2. The Morgan fingerprint density at radius 2 is 1.93 bits per heavy atom. The third-order valence-electron chi connectivity index (χ3n) is 4.46. The van der Waals surface area contributed by atoms with Gasteiger partial charge in [0.05, 0.1) is 18.1 Å².